The van der Waals surface area contributed by atoms with Crippen molar-refractivity contribution in [2.45, 2.75) is 39.3 Å². The van der Waals surface area contributed by atoms with Crippen molar-refractivity contribution in [2.75, 3.05) is 31.9 Å². The van der Waals surface area contributed by atoms with Crippen LogP contribution in [0.4, 0.5) is 0 Å². The Morgan fingerprint density at radius 3 is 2.18 bits per heavy atom. The van der Waals surface area contributed by atoms with Crippen molar-refractivity contribution in [1.29, 1.82) is 0 Å². The predicted molar refractivity (Wildman–Crippen MR) is 68.5 cm³/mol. The number of rotatable bonds is 7. The van der Waals surface area contributed by atoms with E-state index in [-0.39, 0.29) is 5.75 Å². The molecule has 0 bridgehead atoms. The van der Waals surface area contributed by atoms with E-state index in [0.29, 0.717) is 12.6 Å². The molecule has 1 N–H and O–H groups in total. The van der Waals surface area contributed by atoms with Crippen LogP contribution in [0.15, 0.2) is 0 Å². The Balaban J connectivity index is 2.27. The molecule has 0 radical (unpaired) electrons. The van der Waals surface area contributed by atoms with Gasteiger partial charge in [0.05, 0.1) is 11.9 Å². The average molecular weight is 264 g/mol. The maximum atomic E-state index is 10.6. The van der Waals surface area contributed by atoms with Gasteiger partial charge in [0.25, 0.3) is 10.1 Å². The molecule has 1 atom stereocenters. The Morgan fingerprint density at radius 1 is 1.18 bits per heavy atom. The number of unbranched alkanes of at least 4 members (excludes halogenated alkanes) is 1. The van der Waals surface area contributed by atoms with E-state index in [1.807, 2.05) is 0 Å². The Morgan fingerprint density at radius 2 is 1.71 bits per heavy atom. The molecule has 0 aromatic heterocycles. The largest absolute Gasteiger partial charge is 0.287 e. The second-order valence-corrected chi connectivity index (χ2v) is 6.27. The summed E-state index contributed by atoms with van der Waals surface area (Å²) in [5.41, 5.74) is 0. The fraction of sp³-hybridized carbons (Fsp3) is 1.00. The Bertz CT molecular complexity index is 319. The highest BCUT2D eigenvalue weighted by Gasteiger charge is 2.27. The highest BCUT2D eigenvalue weighted by Crippen LogP contribution is 2.15. The normalized spacial score (nSPS) is 23.4. The molecule has 17 heavy (non-hydrogen) atoms. The van der Waals surface area contributed by atoms with Gasteiger partial charge in [0, 0.05) is 19.6 Å². The van der Waals surface area contributed by atoms with E-state index in [0.717, 1.165) is 26.2 Å². The van der Waals surface area contributed by atoms with Crippen LogP contribution in [0.2, 0.25) is 0 Å². The van der Waals surface area contributed by atoms with Gasteiger partial charge in [-0.2, -0.15) is 8.42 Å². The molecule has 0 aromatic carbocycles. The summed E-state index contributed by atoms with van der Waals surface area (Å²) in [6.45, 7) is 8.26. The second kappa shape index (κ2) is 6.68. The zero-order valence-corrected chi connectivity index (χ0v) is 11.6. The first-order valence-electron chi connectivity index (χ1n) is 6.37. The molecule has 0 saturated carbocycles. The molecular formula is C11H24N2O3S. The van der Waals surface area contributed by atoms with Crippen LogP contribution in [0.3, 0.4) is 0 Å². The lowest BCUT2D eigenvalue weighted by atomic mass is 10.3. The Hall–Kier alpha value is -0.170. The fourth-order valence-corrected chi connectivity index (χ4v) is 2.76. The quantitative estimate of drug-likeness (QED) is 0.696. The summed E-state index contributed by atoms with van der Waals surface area (Å²) in [5, 5.41) is 0. The minimum Gasteiger partial charge on any atom is -0.287 e. The van der Waals surface area contributed by atoms with Gasteiger partial charge in [-0.25, -0.2) is 0 Å². The molecule has 5 nitrogen and oxygen atoms in total. The zero-order chi connectivity index (χ0) is 12.9. The summed E-state index contributed by atoms with van der Waals surface area (Å²) in [7, 11) is -3.80. The molecule has 1 aliphatic rings. The van der Waals surface area contributed by atoms with Gasteiger partial charge in [0.1, 0.15) is 0 Å². The van der Waals surface area contributed by atoms with Gasteiger partial charge in [0.15, 0.2) is 0 Å². The lowest BCUT2D eigenvalue weighted by molar-refractivity contribution is 0.152. The van der Waals surface area contributed by atoms with Crippen LogP contribution >= 0.6 is 0 Å². The van der Waals surface area contributed by atoms with Gasteiger partial charge < -0.3 is 0 Å². The maximum absolute atomic E-state index is 10.6. The Kier molecular flexibility index (Phi) is 5.85. The third-order valence-electron chi connectivity index (χ3n) is 3.38. The van der Waals surface area contributed by atoms with E-state index < -0.39 is 10.1 Å². The average Bonchev–Trinajstić information content (AvgIpc) is 2.56. The number of nitrogens with zero attached hydrogens (tertiary/aromatic N) is 2. The highest BCUT2D eigenvalue weighted by molar-refractivity contribution is 7.85. The molecule has 1 heterocycles. The van der Waals surface area contributed by atoms with Crippen LogP contribution in [-0.4, -0.2) is 60.9 Å². The minimum atomic E-state index is -3.80. The van der Waals surface area contributed by atoms with E-state index in [4.69, 9.17) is 4.55 Å². The second-order valence-electron chi connectivity index (χ2n) is 4.70. The first-order chi connectivity index (χ1) is 7.94. The molecule has 1 saturated heterocycles. The summed E-state index contributed by atoms with van der Waals surface area (Å²) >= 11 is 0. The van der Waals surface area contributed by atoms with Crippen molar-refractivity contribution in [3.63, 3.8) is 0 Å². The molecular weight excluding hydrogens is 240 g/mol. The lowest BCUT2D eigenvalue weighted by Gasteiger charge is -2.26. The van der Waals surface area contributed by atoms with E-state index >= 15 is 0 Å². The van der Waals surface area contributed by atoms with Crippen LogP contribution in [-0.2, 0) is 10.1 Å². The molecule has 1 fully saturated rings. The summed E-state index contributed by atoms with van der Waals surface area (Å²) in [4.78, 5) is 4.71. The molecule has 0 amide bonds. The predicted octanol–water partition coefficient (Wildman–Crippen LogP) is 1.03. The summed E-state index contributed by atoms with van der Waals surface area (Å²) in [6.07, 6.45) is 3.31. The third-order valence-corrected chi connectivity index (χ3v) is 4.18. The molecule has 102 valence electrons. The van der Waals surface area contributed by atoms with Gasteiger partial charge in [-0.05, 0) is 26.3 Å². The fourth-order valence-electron chi connectivity index (χ4n) is 2.27. The molecule has 1 aliphatic heterocycles. The number of hydrogen-bond donors (Lipinski definition) is 1. The minimum absolute atomic E-state index is 0.134. The van der Waals surface area contributed by atoms with Crippen molar-refractivity contribution in [3.8, 4) is 0 Å². The van der Waals surface area contributed by atoms with Crippen molar-refractivity contribution in [3.05, 3.63) is 0 Å². The summed E-state index contributed by atoms with van der Waals surface area (Å²) in [5.74, 6) is -0.134. The van der Waals surface area contributed by atoms with Crippen molar-refractivity contribution in [1.82, 2.24) is 9.80 Å². The van der Waals surface area contributed by atoms with Crippen LogP contribution in [0.1, 0.15) is 33.1 Å². The smallest absolute Gasteiger partial charge is 0.264 e. The van der Waals surface area contributed by atoms with E-state index in [2.05, 4.69) is 23.6 Å². The van der Waals surface area contributed by atoms with E-state index in [9.17, 15) is 8.42 Å². The van der Waals surface area contributed by atoms with Crippen molar-refractivity contribution < 1.29 is 13.0 Å². The van der Waals surface area contributed by atoms with Gasteiger partial charge in [-0.3, -0.25) is 14.4 Å². The van der Waals surface area contributed by atoms with Gasteiger partial charge in [0.2, 0.25) is 0 Å². The molecule has 0 spiro atoms. The first-order valence-corrected chi connectivity index (χ1v) is 7.98. The van der Waals surface area contributed by atoms with Crippen LogP contribution in [0, 0.1) is 0 Å². The first kappa shape index (κ1) is 14.9. The summed E-state index contributed by atoms with van der Waals surface area (Å²) in [6, 6.07) is 0. The molecule has 1 rings (SSSR count). The SMILES string of the molecule is CCCCN1CCN(CCCS(=O)(=O)O)C1C. The van der Waals surface area contributed by atoms with Crippen molar-refractivity contribution in [2.24, 2.45) is 0 Å². The maximum Gasteiger partial charge on any atom is 0.264 e. The van der Waals surface area contributed by atoms with Crippen molar-refractivity contribution >= 4 is 10.1 Å². The van der Waals surface area contributed by atoms with Gasteiger partial charge in [-0.15, -0.1) is 0 Å². The topological polar surface area (TPSA) is 60.9 Å². The molecule has 0 aromatic rings. The van der Waals surface area contributed by atoms with Crippen LogP contribution < -0.4 is 0 Å². The molecule has 0 aliphatic carbocycles. The summed E-state index contributed by atoms with van der Waals surface area (Å²) < 4.78 is 29.9. The Labute approximate surface area is 105 Å². The molecule has 1 unspecified atom stereocenters. The number of hydrogen-bond acceptors (Lipinski definition) is 4. The van der Waals surface area contributed by atoms with Crippen LogP contribution in [0.5, 0.6) is 0 Å². The van der Waals surface area contributed by atoms with E-state index in [1.54, 1.807) is 0 Å². The van der Waals surface area contributed by atoms with E-state index in [1.165, 1.54) is 12.8 Å². The standard InChI is InChI=1S/C11H24N2O3S/c1-3-4-6-12-8-9-13(11(12)2)7-5-10-17(14,15)16/h11H,3-10H2,1-2H3,(H,14,15,16). The van der Waals surface area contributed by atoms with Gasteiger partial charge >= 0.3 is 0 Å². The monoisotopic (exact) mass is 264 g/mol. The third kappa shape index (κ3) is 5.33. The zero-order valence-electron chi connectivity index (χ0n) is 10.8. The molecule has 6 heteroatoms. The highest BCUT2D eigenvalue weighted by atomic mass is 32.2. The van der Waals surface area contributed by atoms with Gasteiger partial charge in [-0.1, -0.05) is 13.3 Å². The van der Waals surface area contributed by atoms with Crippen LogP contribution in [0.25, 0.3) is 0 Å². The lowest BCUT2D eigenvalue weighted by Crippen LogP contribution is -2.37.